The van der Waals surface area contributed by atoms with Gasteiger partial charge in [0.1, 0.15) is 0 Å². The van der Waals surface area contributed by atoms with Crippen molar-refractivity contribution in [2.24, 2.45) is 0 Å². The molecule has 2 aromatic rings. The second-order valence-corrected chi connectivity index (χ2v) is 4.71. The van der Waals surface area contributed by atoms with Crippen molar-refractivity contribution in [2.75, 3.05) is 0 Å². The molecule has 1 heterocycles. The van der Waals surface area contributed by atoms with E-state index in [9.17, 15) is 23.1 Å². The number of hydrogen-bond donors (Lipinski definition) is 2. The minimum absolute atomic E-state index is 0.0213. The summed E-state index contributed by atoms with van der Waals surface area (Å²) in [6, 6.07) is 5.51. The third kappa shape index (κ3) is 3.91. The Balaban J connectivity index is 2.32. The number of phenols is 1. The molecule has 122 valence electrons. The Morgan fingerprint density at radius 2 is 1.96 bits per heavy atom. The number of phenolic OH excluding ortho intramolecular Hbond substituents is 1. The first-order chi connectivity index (χ1) is 10.7. The van der Waals surface area contributed by atoms with E-state index in [1.54, 1.807) is 0 Å². The highest BCUT2D eigenvalue weighted by Crippen LogP contribution is 2.34. The number of rotatable bonds is 4. The Labute approximate surface area is 129 Å². The number of pyridine rings is 1. The van der Waals surface area contributed by atoms with Crippen molar-refractivity contribution in [1.29, 1.82) is 0 Å². The second kappa shape index (κ2) is 6.15. The highest BCUT2D eigenvalue weighted by Gasteiger charge is 2.30. The van der Waals surface area contributed by atoms with E-state index in [0.717, 1.165) is 24.4 Å². The summed E-state index contributed by atoms with van der Waals surface area (Å²) in [6.07, 6.45) is -4.66. The topological polar surface area (TPSA) is 79.7 Å². The molecule has 0 radical (unpaired) electrons. The number of aromatic nitrogens is 1. The van der Waals surface area contributed by atoms with Crippen molar-refractivity contribution in [3.05, 3.63) is 42.1 Å². The van der Waals surface area contributed by atoms with Crippen molar-refractivity contribution in [3.63, 3.8) is 0 Å². The van der Waals surface area contributed by atoms with Gasteiger partial charge in [0.25, 0.3) is 0 Å². The number of benzene rings is 1. The number of alkyl halides is 3. The molecule has 5 nitrogen and oxygen atoms in total. The monoisotopic (exact) mass is 327 g/mol. The van der Waals surface area contributed by atoms with E-state index in [2.05, 4.69) is 4.98 Å². The second-order valence-electron chi connectivity index (χ2n) is 4.71. The van der Waals surface area contributed by atoms with E-state index in [0.29, 0.717) is 0 Å². The normalized spacial score (nSPS) is 12.7. The quantitative estimate of drug-likeness (QED) is 0.900. The van der Waals surface area contributed by atoms with Gasteiger partial charge in [0.2, 0.25) is 0 Å². The zero-order chi connectivity index (χ0) is 17.2. The molecule has 0 aliphatic carbocycles. The fourth-order valence-corrected chi connectivity index (χ4v) is 1.78. The lowest BCUT2D eigenvalue weighted by Gasteiger charge is -2.13. The fraction of sp³-hybridized carbons (Fsp3) is 0.200. The highest BCUT2D eigenvalue weighted by molar-refractivity contribution is 5.72. The summed E-state index contributed by atoms with van der Waals surface area (Å²) in [4.78, 5) is 14.5. The van der Waals surface area contributed by atoms with Gasteiger partial charge in [0.05, 0.1) is 11.3 Å². The molecule has 0 bridgehead atoms. The predicted molar refractivity (Wildman–Crippen MR) is 74.1 cm³/mol. The van der Waals surface area contributed by atoms with Gasteiger partial charge in [-0.15, -0.1) is 0 Å². The van der Waals surface area contributed by atoms with Gasteiger partial charge in [-0.1, -0.05) is 0 Å². The molecular weight excluding hydrogens is 315 g/mol. The van der Waals surface area contributed by atoms with Crippen LogP contribution in [-0.2, 0) is 11.0 Å². The summed E-state index contributed by atoms with van der Waals surface area (Å²) in [5, 5.41) is 18.6. The SMILES string of the molecule is CC(Oc1ccc(-c2cc(C(F)(F)F)ccn2)cc1O)C(=O)O. The molecule has 2 N–H and O–H groups in total. The number of aromatic hydroxyl groups is 1. The zero-order valence-electron chi connectivity index (χ0n) is 11.8. The number of aliphatic carboxylic acids is 1. The number of ether oxygens (including phenoxy) is 1. The molecule has 0 fully saturated rings. The predicted octanol–water partition coefficient (Wildman–Crippen LogP) is 3.32. The van der Waals surface area contributed by atoms with Crippen molar-refractivity contribution in [1.82, 2.24) is 4.98 Å². The van der Waals surface area contributed by atoms with Gasteiger partial charge in [0, 0.05) is 11.8 Å². The van der Waals surface area contributed by atoms with E-state index < -0.39 is 29.6 Å². The Bertz CT molecular complexity index is 731. The van der Waals surface area contributed by atoms with E-state index in [-0.39, 0.29) is 17.0 Å². The Morgan fingerprint density at radius 1 is 1.26 bits per heavy atom. The van der Waals surface area contributed by atoms with Crippen molar-refractivity contribution >= 4 is 5.97 Å². The maximum absolute atomic E-state index is 12.7. The van der Waals surface area contributed by atoms with Gasteiger partial charge in [-0.3, -0.25) is 4.98 Å². The largest absolute Gasteiger partial charge is 0.504 e. The van der Waals surface area contributed by atoms with Crippen LogP contribution in [-0.4, -0.2) is 27.3 Å². The molecule has 0 aliphatic rings. The summed E-state index contributed by atoms with van der Waals surface area (Å²) in [6.45, 7) is 1.28. The number of nitrogens with zero attached hydrogens (tertiary/aromatic N) is 1. The van der Waals surface area contributed by atoms with Gasteiger partial charge >= 0.3 is 12.1 Å². The molecular formula is C15H12F3NO4. The van der Waals surface area contributed by atoms with Crippen LogP contribution in [0.15, 0.2) is 36.5 Å². The van der Waals surface area contributed by atoms with E-state index in [4.69, 9.17) is 9.84 Å². The Kier molecular flexibility index (Phi) is 4.44. The lowest BCUT2D eigenvalue weighted by Crippen LogP contribution is -2.22. The summed E-state index contributed by atoms with van der Waals surface area (Å²) in [7, 11) is 0. The maximum Gasteiger partial charge on any atom is 0.416 e. The Morgan fingerprint density at radius 3 is 2.52 bits per heavy atom. The summed E-state index contributed by atoms with van der Waals surface area (Å²) in [5.41, 5.74) is -0.598. The third-order valence-corrected chi connectivity index (χ3v) is 2.99. The van der Waals surface area contributed by atoms with Crippen molar-refractivity contribution in [3.8, 4) is 22.8 Å². The molecule has 0 amide bonds. The first-order valence-electron chi connectivity index (χ1n) is 6.44. The van der Waals surface area contributed by atoms with Crippen LogP contribution in [0.25, 0.3) is 11.3 Å². The van der Waals surface area contributed by atoms with Gasteiger partial charge in [-0.25, -0.2) is 4.79 Å². The first kappa shape index (κ1) is 16.6. The summed E-state index contributed by atoms with van der Waals surface area (Å²) < 4.78 is 43.1. The Hall–Kier alpha value is -2.77. The molecule has 0 saturated carbocycles. The van der Waals surface area contributed by atoms with E-state index >= 15 is 0 Å². The molecule has 2 rings (SSSR count). The number of hydrogen-bond acceptors (Lipinski definition) is 4. The number of halogens is 3. The molecule has 1 atom stereocenters. The van der Waals surface area contributed by atoms with Gasteiger partial charge in [-0.2, -0.15) is 13.2 Å². The minimum Gasteiger partial charge on any atom is -0.504 e. The molecule has 0 spiro atoms. The lowest BCUT2D eigenvalue weighted by atomic mass is 10.1. The number of carboxylic acid groups (broad SMARTS) is 1. The zero-order valence-corrected chi connectivity index (χ0v) is 11.8. The van der Waals surface area contributed by atoms with Gasteiger partial charge in [-0.05, 0) is 37.3 Å². The summed E-state index contributed by atoms with van der Waals surface area (Å²) in [5.74, 6) is -1.70. The van der Waals surface area contributed by atoms with Crippen LogP contribution in [0.5, 0.6) is 11.5 Å². The molecule has 0 aliphatic heterocycles. The molecule has 1 unspecified atom stereocenters. The first-order valence-corrected chi connectivity index (χ1v) is 6.44. The van der Waals surface area contributed by atoms with Crippen molar-refractivity contribution < 1.29 is 32.9 Å². The van der Waals surface area contributed by atoms with E-state index in [1.165, 1.54) is 19.1 Å². The minimum atomic E-state index is -4.50. The van der Waals surface area contributed by atoms with Gasteiger partial charge < -0.3 is 14.9 Å². The standard InChI is InChI=1S/C15H12F3NO4/c1-8(14(21)22)23-13-3-2-9(6-12(13)20)11-7-10(4-5-19-11)15(16,17)18/h2-8,20H,1H3,(H,21,22). The maximum atomic E-state index is 12.7. The van der Waals surface area contributed by atoms with Crippen molar-refractivity contribution in [2.45, 2.75) is 19.2 Å². The van der Waals surface area contributed by atoms with Crippen LogP contribution in [0, 0.1) is 0 Å². The van der Waals surface area contributed by atoms with Crippen LogP contribution in [0.2, 0.25) is 0 Å². The van der Waals surface area contributed by atoms with E-state index in [1.807, 2.05) is 0 Å². The molecule has 1 aromatic carbocycles. The van der Waals surface area contributed by atoms with Crippen LogP contribution in [0.3, 0.4) is 0 Å². The molecule has 23 heavy (non-hydrogen) atoms. The molecule has 8 heteroatoms. The highest BCUT2D eigenvalue weighted by atomic mass is 19.4. The molecule has 1 aromatic heterocycles. The van der Waals surface area contributed by atoms with Crippen LogP contribution in [0.4, 0.5) is 13.2 Å². The van der Waals surface area contributed by atoms with Crippen LogP contribution in [0.1, 0.15) is 12.5 Å². The lowest BCUT2D eigenvalue weighted by molar-refractivity contribution is -0.144. The van der Waals surface area contributed by atoms with Gasteiger partial charge in [0.15, 0.2) is 17.6 Å². The average molecular weight is 327 g/mol. The number of carbonyl (C=O) groups is 1. The third-order valence-electron chi connectivity index (χ3n) is 2.99. The summed E-state index contributed by atoms with van der Waals surface area (Å²) >= 11 is 0. The van der Waals surface area contributed by atoms with Crippen LogP contribution >= 0.6 is 0 Å². The average Bonchev–Trinajstić information content (AvgIpc) is 2.48. The van der Waals surface area contributed by atoms with Crippen LogP contribution < -0.4 is 4.74 Å². The smallest absolute Gasteiger partial charge is 0.416 e. The molecule has 0 saturated heterocycles. The number of carboxylic acids is 1. The fourth-order valence-electron chi connectivity index (χ4n) is 1.78.